The summed E-state index contributed by atoms with van der Waals surface area (Å²) < 4.78 is 43.1. The fourth-order valence-electron chi connectivity index (χ4n) is 2.70. The van der Waals surface area contributed by atoms with Crippen LogP contribution in [0.15, 0.2) is 50.9 Å². The Kier molecular flexibility index (Phi) is 4.55. The zero-order valence-corrected chi connectivity index (χ0v) is 15.4. The number of carboxylic acid groups (broad SMARTS) is 1. The zero-order valence-electron chi connectivity index (χ0n) is 14.6. The van der Waals surface area contributed by atoms with Gasteiger partial charge in [-0.2, -0.15) is 0 Å². The van der Waals surface area contributed by atoms with Crippen LogP contribution in [0.1, 0.15) is 10.4 Å². The van der Waals surface area contributed by atoms with Gasteiger partial charge in [0.05, 0.1) is 27.0 Å². The Morgan fingerprint density at radius 3 is 2.36 bits per heavy atom. The fraction of sp³-hybridized carbons (Fsp3) is 0.118. The van der Waals surface area contributed by atoms with Crippen LogP contribution in [0.3, 0.4) is 0 Å². The predicted octanol–water partition coefficient (Wildman–Crippen LogP) is 0.875. The van der Waals surface area contributed by atoms with Crippen molar-refractivity contribution >= 4 is 32.6 Å². The van der Waals surface area contributed by atoms with Crippen LogP contribution in [-0.2, 0) is 24.1 Å². The maximum absolute atomic E-state index is 13.8. The molecule has 0 amide bonds. The van der Waals surface area contributed by atoms with E-state index in [0.717, 1.165) is 16.7 Å². The normalized spacial score (nSPS) is 11.5. The number of anilines is 1. The van der Waals surface area contributed by atoms with E-state index in [1.807, 2.05) is 0 Å². The van der Waals surface area contributed by atoms with E-state index in [9.17, 15) is 27.2 Å². The Labute approximate surface area is 157 Å². The third-order valence-corrected chi connectivity index (χ3v) is 5.58. The van der Waals surface area contributed by atoms with Crippen molar-refractivity contribution in [1.29, 1.82) is 0 Å². The lowest BCUT2D eigenvalue weighted by molar-refractivity contribution is 0.0691. The monoisotopic (exact) mass is 407 g/mol. The van der Waals surface area contributed by atoms with Gasteiger partial charge < -0.3 is 5.11 Å². The average molecular weight is 407 g/mol. The number of nitrogens with one attached hydrogen (secondary N) is 1. The number of hydrogen-bond acceptors (Lipinski definition) is 5. The Balaban J connectivity index is 2.07. The number of hydrogen-bond donors (Lipinski definition) is 2. The van der Waals surface area contributed by atoms with Gasteiger partial charge >= 0.3 is 11.7 Å². The summed E-state index contributed by atoms with van der Waals surface area (Å²) in [6.07, 6.45) is 0. The molecule has 0 fully saturated rings. The molecule has 0 atom stereocenters. The van der Waals surface area contributed by atoms with Gasteiger partial charge in [0.15, 0.2) is 0 Å². The fourth-order valence-corrected chi connectivity index (χ4v) is 3.76. The van der Waals surface area contributed by atoms with Crippen molar-refractivity contribution in [2.45, 2.75) is 4.90 Å². The first-order chi connectivity index (χ1) is 13.0. The first-order valence-electron chi connectivity index (χ1n) is 7.78. The molecule has 2 aromatic carbocycles. The highest BCUT2D eigenvalue weighted by Crippen LogP contribution is 2.21. The average Bonchev–Trinajstić information content (AvgIpc) is 2.63. The van der Waals surface area contributed by atoms with Gasteiger partial charge in [-0.1, -0.05) is 0 Å². The molecule has 146 valence electrons. The molecule has 0 spiro atoms. The van der Waals surface area contributed by atoms with E-state index >= 15 is 0 Å². The van der Waals surface area contributed by atoms with Gasteiger partial charge in [0, 0.05) is 14.1 Å². The lowest BCUT2D eigenvalue weighted by atomic mass is 10.2. The van der Waals surface area contributed by atoms with E-state index in [0.29, 0.717) is 6.07 Å². The molecule has 0 aliphatic heterocycles. The zero-order chi connectivity index (χ0) is 20.8. The van der Waals surface area contributed by atoms with E-state index in [2.05, 4.69) is 4.72 Å². The predicted molar refractivity (Wildman–Crippen MR) is 98.6 cm³/mol. The van der Waals surface area contributed by atoms with E-state index in [1.165, 1.54) is 36.9 Å². The summed E-state index contributed by atoms with van der Waals surface area (Å²) in [5.74, 6) is -2.72. The van der Waals surface area contributed by atoms with Crippen molar-refractivity contribution in [2.75, 3.05) is 4.72 Å². The van der Waals surface area contributed by atoms with Gasteiger partial charge in [-0.05, 0) is 36.4 Å². The van der Waals surface area contributed by atoms with Crippen LogP contribution >= 0.6 is 0 Å². The van der Waals surface area contributed by atoms with E-state index in [1.54, 1.807) is 0 Å². The van der Waals surface area contributed by atoms with Gasteiger partial charge in [-0.25, -0.2) is 22.4 Å². The number of aromatic carboxylic acids is 1. The molecule has 3 rings (SSSR count). The second-order valence-corrected chi connectivity index (χ2v) is 7.67. The number of halogens is 1. The number of nitrogens with zero attached hydrogens (tertiary/aromatic N) is 2. The van der Waals surface area contributed by atoms with Crippen molar-refractivity contribution in [1.82, 2.24) is 9.13 Å². The van der Waals surface area contributed by atoms with E-state index < -0.39 is 43.5 Å². The van der Waals surface area contributed by atoms with Crippen LogP contribution in [0.4, 0.5) is 10.1 Å². The van der Waals surface area contributed by atoms with Crippen LogP contribution in [0, 0.1) is 5.82 Å². The Bertz CT molecular complexity index is 1360. The minimum atomic E-state index is -4.24. The SMILES string of the molecule is Cn1c(=O)c2ccc(NS(=O)(=O)c3ccc(C(=O)O)c(F)c3)cc2n(C)c1=O. The highest BCUT2D eigenvalue weighted by molar-refractivity contribution is 7.92. The van der Waals surface area contributed by atoms with Crippen LogP contribution in [0.2, 0.25) is 0 Å². The largest absolute Gasteiger partial charge is 0.478 e. The summed E-state index contributed by atoms with van der Waals surface area (Å²) in [5.41, 5.74) is -1.52. The summed E-state index contributed by atoms with van der Waals surface area (Å²) in [5, 5.41) is 9.04. The first kappa shape index (κ1) is 19.3. The van der Waals surface area contributed by atoms with E-state index in [4.69, 9.17) is 5.11 Å². The first-order valence-corrected chi connectivity index (χ1v) is 9.26. The van der Waals surface area contributed by atoms with Crippen LogP contribution in [0.5, 0.6) is 0 Å². The molecule has 1 heterocycles. The standard InChI is InChI=1S/C17H14FN3O6S/c1-20-14-7-9(3-5-12(14)15(22)21(2)17(20)25)19-28(26,27)10-4-6-11(16(23)24)13(18)8-10/h3-8,19H,1-2H3,(H,23,24). The number of aryl methyl sites for hydroxylation is 1. The summed E-state index contributed by atoms with van der Waals surface area (Å²) in [7, 11) is -1.48. The molecule has 0 unspecified atom stereocenters. The molecule has 0 saturated carbocycles. The second-order valence-electron chi connectivity index (χ2n) is 5.99. The quantitative estimate of drug-likeness (QED) is 0.661. The third kappa shape index (κ3) is 3.16. The molecule has 28 heavy (non-hydrogen) atoms. The smallest absolute Gasteiger partial charge is 0.338 e. The van der Waals surface area contributed by atoms with Gasteiger partial charge in [-0.15, -0.1) is 0 Å². The number of fused-ring (bicyclic) bond motifs is 1. The summed E-state index contributed by atoms with van der Waals surface area (Å²) >= 11 is 0. The Morgan fingerprint density at radius 1 is 1.07 bits per heavy atom. The minimum Gasteiger partial charge on any atom is -0.478 e. The summed E-state index contributed by atoms with van der Waals surface area (Å²) in [4.78, 5) is 34.6. The molecule has 0 aliphatic rings. The van der Waals surface area contributed by atoms with Crippen molar-refractivity contribution in [3.63, 3.8) is 0 Å². The Hall–Kier alpha value is -3.47. The number of carbonyl (C=O) groups is 1. The molecule has 0 radical (unpaired) electrons. The Morgan fingerprint density at radius 2 is 1.75 bits per heavy atom. The van der Waals surface area contributed by atoms with Crippen LogP contribution in [0.25, 0.3) is 10.9 Å². The van der Waals surface area contributed by atoms with Gasteiger partial charge in [0.2, 0.25) is 0 Å². The molecule has 0 saturated heterocycles. The number of benzene rings is 2. The number of carboxylic acids is 1. The molecule has 0 aliphatic carbocycles. The highest BCUT2D eigenvalue weighted by atomic mass is 32.2. The van der Waals surface area contributed by atoms with Crippen molar-refractivity contribution in [2.24, 2.45) is 14.1 Å². The van der Waals surface area contributed by atoms with Gasteiger partial charge in [0.1, 0.15) is 5.82 Å². The summed E-state index contributed by atoms with van der Waals surface area (Å²) in [6, 6.07) is 6.40. The molecule has 11 heteroatoms. The van der Waals surface area contributed by atoms with Gasteiger partial charge in [0.25, 0.3) is 15.6 Å². The van der Waals surface area contributed by atoms with Crippen molar-refractivity contribution in [3.8, 4) is 0 Å². The maximum Gasteiger partial charge on any atom is 0.338 e. The number of aromatic nitrogens is 2. The number of rotatable bonds is 4. The molecule has 1 aromatic heterocycles. The van der Waals surface area contributed by atoms with Crippen LogP contribution in [-0.4, -0.2) is 28.6 Å². The second kappa shape index (κ2) is 6.60. The highest BCUT2D eigenvalue weighted by Gasteiger charge is 2.19. The summed E-state index contributed by atoms with van der Waals surface area (Å²) in [6.45, 7) is 0. The molecular weight excluding hydrogens is 393 g/mol. The lowest BCUT2D eigenvalue weighted by Crippen LogP contribution is -2.36. The van der Waals surface area contributed by atoms with E-state index in [-0.39, 0.29) is 16.6 Å². The molecule has 2 N–H and O–H groups in total. The minimum absolute atomic E-state index is 0.0403. The van der Waals surface area contributed by atoms with Crippen LogP contribution < -0.4 is 16.0 Å². The van der Waals surface area contributed by atoms with Gasteiger partial charge in [-0.3, -0.25) is 18.7 Å². The number of sulfonamides is 1. The lowest BCUT2D eigenvalue weighted by Gasteiger charge is -2.12. The molecule has 0 bridgehead atoms. The molecule has 9 nitrogen and oxygen atoms in total. The maximum atomic E-state index is 13.8. The van der Waals surface area contributed by atoms with Crippen molar-refractivity contribution < 1.29 is 22.7 Å². The third-order valence-electron chi connectivity index (χ3n) is 4.20. The molecule has 3 aromatic rings. The topological polar surface area (TPSA) is 127 Å². The van der Waals surface area contributed by atoms with Crippen molar-refractivity contribution in [3.05, 3.63) is 68.6 Å². The molecular formula is C17H14FN3O6S.